The van der Waals surface area contributed by atoms with Crippen LogP contribution in [0.15, 0.2) is 24.3 Å². The fraction of sp³-hybridized carbons (Fsp3) is 0.333. The predicted molar refractivity (Wildman–Crippen MR) is 66.8 cm³/mol. The van der Waals surface area contributed by atoms with E-state index >= 15 is 0 Å². The van der Waals surface area contributed by atoms with Crippen molar-refractivity contribution in [3.63, 3.8) is 0 Å². The van der Waals surface area contributed by atoms with E-state index in [1.165, 1.54) is 7.11 Å². The predicted octanol–water partition coefficient (Wildman–Crippen LogP) is 0.558. The van der Waals surface area contributed by atoms with Gasteiger partial charge in [-0.1, -0.05) is 6.07 Å². The molecule has 0 aliphatic heterocycles. The minimum absolute atomic E-state index is 0.219. The van der Waals surface area contributed by atoms with E-state index in [0.717, 1.165) is 0 Å². The number of benzene rings is 1. The lowest BCUT2D eigenvalue weighted by atomic mass is 10.2. The molecule has 3 N–H and O–H groups in total. The number of aliphatic carboxylic acids is 1. The number of likely N-dealkylation sites (N-methyl/N-ethyl adjacent to an activating group) is 1. The number of nitrogens with one attached hydrogen (secondary N) is 2. The van der Waals surface area contributed by atoms with Gasteiger partial charge in [-0.25, -0.2) is 4.79 Å². The van der Waals surface area contributed by atoms with Crippen LogP contribution in [0.3, 0.4) is 0 Å². The Morgan fingerprint density at radius 3 is 2.72 bits per heavy atom. The molecule has 1 unspecified atom stereocenters. The minimum Gasteiger partial charge on any atom is -0.480 e. The van der Waals surface area contributed by atoms with Crippen molar-refractivity contribution in [3.8, 4) is 0 Å². The molecule has 0 radical (unpaired) electrons. The van der Waals surface area contributed by atoms with Gasteiger partial charge < -0.3 is 20.5 Å². The maximum absolute atomic E-state index is 11.3. The lowest BCUT2D eigenvalue weighted by Crippen LogP contribution is -2.39. The van der Waals surface area contributed by atoms with Crippen molar-refractivity contribution in [2.75, 3.05) is 26.0 Å². The zero-order valence-electron chi connectivity index (χ0n) is 10.3. The van der Waals surface area contributed by atoms with E-state index in [0.29, 0.717) is 11.3 Å². The summed E-state index contributed by atoms with van der Waals surface area (Å²) in [5, 5.41) is 14.5. The van der Waals surface area contributed by atoms with Crippen LogP contribution in [-0.4, -0.2) is 43.8 Å². The number of carboxylic acid groups (broad SMARTS) is 1. The Morgan fingerprint density at radius 2 is 2.17 bits per heavy atom. The molecule has 0 spiro atoms. The first kappa shape index (κ1) is 14.0. The van der Waals surface area contributed by atoms with E-state index in [2.05, 4.69) is 15.4 Å². The SMILES string of the molecule is CNC(CNc1cccc(C(=O)OC)c1)C(=O)O. The average molecular weight is 252 g/mol. The zero-order valence-corrected chi connectivity index (χ0v) is 10.3. The second kappa shape index (κ2) is 6.61. The minimum atomic E-state index is -0.936. The smallest absolute Gasteiger partial charge is 0.337 e. The molecule has 0 heterocycles. The van der Waals surface area contributed by atoms with Crippen LogP contribution < -0.4 is 10.6 Å². The van der Waals surface area contributed by atoms with Crippen LogP contribution in [0.1, 0.15) is 10.4 Å². The first-order chi connectivity index (χ1) is 8.58. The van der Waals surface area contributed by atoms with E-state index in [9.17, 15) is 9.59 Å². The molecule has 18 heavy (non-hydrogen) atoms. The lowest BCUT2D eigenvalue weighted by Gasteiger charge is -2.13. The molecular formula is C12H16N2O4. The van der Waals surface area contributed by atoms with Gasteiger partial charge in [0.05, 0.1) is 12.7 Å². The highest BCUT2D eigenvalue weighted by atomic mass is 16.5. The molecule has 1 aromatic rings. The van der Waals surface area contributed by atoms with E-state index in [1.54, 1.807) is 31.3 Å². The monoisotopic (exact) mass is 252 g/mol. The largest absolute Gasteiger partial charge is 0.480 e. The topological polar surface area (TPSA) is 87.7 Å². The molecule has 0 bridgehead atoms. The van der Waals surface area contributed by atoms with Crippen molar-refractivity contribution in [1.82, 2.24) is 5.32 Å². The number of hydrogen-bond acceptors (Lipinski definition) is 5. The Labute approximate surface area is 105 Å². The normalized spacial score (nSPS) is 11.7. The molecule has 1 aromatic carbocycles. The van der Waals surface area contributed by atoms with Gasteiger partial charge in [-0.05, 0) is 25.2 Å². The molecule has 6 heteroatoms. The summed E-state index contributed by atoms with van der Waals surface area (Å²) in [6.07, 6.45) is 0. The van der Waals surface area contributed by atoms with Gasteiger partial charge in [-0.2, -0.15) is 0 Å². The van der Waals surface area contributed by atoms with Crippen LogP contribution in [0.4, 0.5) is 5.69 Å². The number of carboxylic acids is 1. The molecule has 0 fully saturated rings. The van der Waals surface area contributed by atoms with Crippen LogP contribution in [0, 0.1) is 0 Å². The maximum atomic E-state index is 11.3. The van der Waals surface area contributed by atoms with Gasteiger partial charge in [0, 0.05) is 12.2 Å². The van der Waals surface area contributed by atoms with Crippen LogP contribution in [0.5, 0.6) is 0 Å². The van der Waals surface area contributed by atoms with Crippen molar-refractivity contribution < 1.29 is 19.4 Å². The van der Waals surface area contributed by atoms with Gasteiger partial charge in [0.15, 0.2) is 0 Å². The van der Waals surface area contributed by atoms with Crippen molar-refractivity contribution in [1.29, 1.82) is 0 Å². The standard InChI is InChI=1S/C12H16N2O4/c1-13-10(11(15)16)7-14-9-5-3-4-8(6-9)12(17)18-2/h3-6,10,13-14H,7H2,1-2H3,(H,15,16). The Kier molecular flexibility index (Phi) is 5.13. The molecule has 0 aliphatic carbocycles. The van der Waals surface area contributed by atoms with E-state index < -0.39 is 18.0 Å². The van der Waals surface area contributed by atoms with Gasteiger partial charge in [-0.15, -0.1) is 0 Å². The molecule has 0 amide bonds. The van der Waals surface area contributed by atoms with E-state index in [4.69, 9.17) is 5.11 Å². The first-order valence-corrected chi connectivity index (χ1v) is 5.40. The summed E-state index contributed by atoms with van der Waals surface area (Å²) in [6, 6.07) is 6.00. The fourth-order valence-corrected chi connectivity index (χ4v) is 1.41. The van der Waals surface area contributed by atoms with Crippen molar-refractivity contribution in [2.45, 2.75) is 6.04 Å². The Morgan fingerprint density at radius 1 is 1.44 bits per heavy atom. The van der Waals surface area contributed by atoms with Gasteiger partial charge in [-0.3, -0.25) is 4.79 Å². The van der Waals surface area contributed by atoms with E-state index in [1.807, 2.05) is 0 Å². The summed E-state index contributed by atoms with van der Waals surface area (Å²) in [5.41, 5.74) is 1.08. The summed E-state index contributed by atoms with van der Waals surface area (Å²) in [7, 11) is 2.88. The number of ether oxygens (including phenoxy) is 1. The summed E-state index contributed by atoms with van der Waals surface area (Å²) >= 11 is 0. The highest BCUT2D eigenvalue weighted by Gasteiger charge is 2.14. The van der Waals surface area contributed by atoms with Crippen molar-refractivity contribution in [3.05, 3.63) is 29.8 Å². The van der Waals surface area contributed by atoms with Crippen molar-refractivity contribution in [2.24, 2.45) is 0 Å². The lowest BCUT2D eigenvalue weighted by molar-refractivity contribution is -0.138. The Bertz CT molecular complexity index is 434. The second-order valence-corrected chi connectivity index (χ2v) is 3.63. The zero-order chi connectivity index (χ0) is 13.5. The fourth-order valence-electron chi connectivity index (χ4n) is 1.41. The third-order valence-corrected chi connectivity index (χ3v) is 2.44. The van der Waals surface area contributed by atoms with E-state index in [-0.39, 0.29) is 6.54 Å². The molecule has 0 saturated heterocycles. The summed E-state index contributed by atoms with van der Waals surface area (Å²) in [4.78, 5) is 22.1. The molecule has 0 aromatic heterocycles. The Balaban J connectivity index is 2.68. The molecule has 98 valence electrons. The highest BCUT2D eigenvalue weighted by Crippen LogP contribution is 2.11. The quantitative estimate of drug-likeness (QED) is 0.641. The average Bonchev–Trinajstić information content (AvgIpc) is 2.38. The summed E-state index contributed by atoms with van der Waals surface area (Å²) < 4.78 is 4.60. The molecule has 0 saturated carbocycles. The first-order valence-electron chi connectivity index (χ1n) is 5.40. The van der Waals surface area contributed by atoms with Crippen molar-refractivity contribution >= 4 is 17.6 Å². The third kappa shape index (κ3) is 3.74. The van der Waals surface area contributed by atoms with Crippen LogP contribution >= 0.6 is 0 Å². The Hall–Kier alpha value is -2.08. The van der Waals surface area contributed by atoms with Crippen LogP contribution in [0.25, 0.3) is 0 Å². The molecule has 6 nitrogen and oxygen atoms in total. The molecule has 1 rings (SSSR count). The summed E-state index contributed by atoms with van der Waals surface area (Å²) in [6.45, 7) is 0.219. The number of methoxy groups -OCH3 is 1. The van der Waals surface area contributed by atoms with Crippen LogP contribution in [0.2, 0.25) is 0 Å². The highest BCUT2D eigenvalue weighted by molar-refractivity contribution is 5.90. The number of hydrogen-bond donors (Lipinski definition) is 3. The number of carbonyl (C=O) groups excluding carboxylic acids is 1. The third-order valence-electron chi connectivity index (χ3n) is 2.44. The number of esters is 1. The molecular weight excluding hydrogens is 236 g/mol. The number of rotatable bonds is 6. The number of carbonyl (C=O) groups is 2. The maximum Gasteiger partial charge on any atom is 0.337 e. The van der Waals surface area contributed by atoms with Gasteiger partial charge in [0.25, 0.3) is 0 Å². The van der Waals surface area contributed by atoms with Gasteiger partial charge >= 0.3 is 11.9 Å². The van der Waals surface area contributed by atoms with Gasteiger partial charge in [0.2, 0.25) is 0 Å². The molecule has 1 atom stereocenters. The van der Waals surface area contributed by atoms with Gasteiger partial charge in [0.1, 0.15) is 6.04 Å². The summed E-state index contributed by atoms with van der Waals surface area (Å²) in [5.74, 6) is -1.36. The second-order valence-electron chi connectivity index (χ2n) is 3.63. The number of anilines is 1. The van der Waals surface area contributed by atoms with Crippen LogP contribution in [-0.2, 0) is 9.53 Å². The molecule has 0 aliphatic rings.